The second-order valence-electron chi connectivity index (χ2n) is 8.64. The molecule has 1 aromatic heterocycles. The molecular formula is C25H24FN5O4. The van der Waals surface area contributed by atoms with Crippen molar-refractivity contribution in [3.8, 4) is 17.6 Å². The maximum Gasteiger partial charge on any atom is 0.291 e. The van der Waals surface area contributed by atoms with Crippen LogP contribution >= 0.6 is 0 Å². The predicted octanol–water partition coefficient (Wildman–Crippen LogP) is 1.81. The Morgan fingerprint density at radius 2 is 2.14 bits per heavy atom. The summed E-state index contributed by atoms with van der Waals surface area (Å²) in [6.07, 6.45) is 0.264. The molecule has 1 atom stereocenters. The molecule has 10 heteroatoms. The number of nitrogens with zero attached hydrogens (tertiary/aromatic N) is 3. The molecule has 1 unspecified atom stereocenters. The summed E-state index contributed by atoms with van der Waals surface area (Å²) in [5, 5.41) is 19.0. The van der Waals surface area contributed by atoms with Gasteiger partial charge < -0.3 is 20.1 Å². The second-order valence-corrected chi connectivity index (χ2v) is 8.64. The van der Waals surface area contributed by atoms with E-state index in [4.69, 9.17) is 4.74 Å². The van der Waals surface area contributed by atoms with Crippen molar-refractivity contribution in [3.05, 3.63) is 71.1 Å². The lowest BCUT2D eigenvalue weighted by atomic mass is 10.1. The average Bonchev–Trinajstić information content (AvgIpc) is 3.23. The molecule has 2 amide bonds. The first-order valence-corrected chi connectivity index (χ1v) is 10.9. The molecule has 0 fully saturated rings. The largest absolute Gasteiger partial charge is 0.489 e. The van der Waals surface area contributed by atoms with E-state index in [0.717, 1.165) is 0 Å². The highest BCUT2D eigenvalue weighted by Gasteiger charge is 2.31. The monoisotopic (exact) mass is 477 g/mol. The van der Waals surface area contributed by atoms with E-state index < -0.39 is 17.6 Å². The molecule has 2 heterocycles. The van der Waals surface area contributed by atoms with Gasteiger partial charge in [0.15, 0.2) is 0 Å². The fourth-order valence-corrected chi connectivity index (χ4v) is 3.44. The quantitative estimate of drug-likeness (QED) is 0.493. The van der Waals surface area contributed by atoms with Gasteiger partial charge in [-0.3, -0.25) is 14.7 Å². The number of carbonyl (C=O) groups is 2. The van der Waals surface area contributed by atoms with Crippen LogP contribution in [0.1, 0.15) is 41.4 Å². The number of hydrogen-bond acceptors (Lipinski definition) is 6. The number of rotatable bonds is 4. The Morgan fingerprint density at radius 1 is 1.34 bits per heavy atom. The lowest BCUT2D eigenvalue weighted by Crippen LogP contribution is -2.49. The topological polar surface area (TPSA) is 120 Å². The fraction of sp³-hybridized carbons (Fsp3) is 0.280. The number of anilines is 1. The Bertz CT molecular complexity index is 1340. The van der Waals surface area contributed by atoms with Crippen LogP contribution in [0.2, 0.25) is 0 Å². The summed E-state index contributed by atoms with van der Waals surface area (Å²) >= 11 is 0. The minimum atomic E-state index is -1.15. The Balaban J connectivity index is 1.45. The van der Waals surface area contributed by atoms with Crippen molar-refractivity contribution in [1.82, 2.24) is 20.5 Å². The summed E-state index contributed by atoms with van der Waals surface area (Å²) in [6.45, 7) is 3.07. The first kappa shape index (κ1) is 23.9. The van der Waals surface area contributed by atoms with E-state index in [-0.39, 0.29) is 30.6 Å². The third-order valence-electron chi connectivity index (χ3n) is 5.17. The molecule has 180 valence electrons. The van der Waals surface area contributed by atoms with Gasteiger partial charge in [-0.15, -0.1) is 5.10 Å². The molecule has 0 aliphatic carbocycles. The average molecular weight is 477 g/mol. The highest BCUT2D eigenvalue weighted by atomic mass is 19.1. The number of halogens is 1. The zero-order valence-corrected chi connectivity index (χ0v) is 19.4. The number of hydrogen-bond donors (Lipinski definition) is 3. The molecule has 1 aliphatic heterocycles. The number of H-pyrrole nitrogens is 1. The number of aromatic nitrogens is 3. The van der Waals surface area contributed by atoms with Crippen LogP contribution in [0.15, 0.2) is 42.5 Å². The minimum absolute atomic E-state index is 0.0861. The van der Waals surface area contributed by atoms with Crippen molar-refractivity contribution in [2.45, 2.75) is 31.9 Å². The first-order valence-electron chi connectivity index (χ1n) is 10.9. The molecule has 4 rings (SSSR count). The number of aromatic amines is 1. The van der Waals surface area contributed by atoms with Gasteiger partial charge in [0.2, 0.25) is 5.82 Å². The molecule has 2 aromatic carbocycles. The molecule has 1 aliphatic rings. The summed E-state index contributed by atoms with van der Waals surface area (Å²) < 4.78 is 19.2. The zero-order valence-electron chi connectivity index (χ0n) is 19.4. The molecule has 0 radical (unpaired) electrons. The lowest BCUT2D eigenvalue weighted by Gasteiger charge is -2.20. The number of carbonyl (C=O) groups excluding carboxylic acids is 2. The molecule has 0 saturated carbocycles. The van der Waals surface area contributed by atoms with Crippen molar-refractivity contribution in [2.24, 2.45) is 0 Å². The van der Waals surface area contributed by atoms with E-state index >= 15 is 0 Å². The lowest BCUT2D eigenvalue weighted by molar-refractivity contribution is -0.120. The molecular weight excluding hydrogens is 453 g/mol. The van der Waals surface area contributed by atoms with Gasteiger partial charge in [0.1, 0.15) is 35.6 Å². The maximum absolute atomic E-state index is 13.4. The smallest absolute Gasteiger partial charge is 0.291 e. The van der Waals surface area contributed by atoms with Gasteiger partial charge >= 0.3 is 0 Å². The van der Waals surface area contributed by atoms with E-state index in [1.165, 1.54) is 17.0 Å². The standard InChI is InChI=1S/C25H24FN5O4/c1-25(2,34)10-9-15-7-8-20-19(12-15)31(3)24(33)18(14-35-20)27-23(32)22-28-21(29-30-22)13-16-5-4-6-17(26)11-16/h4-8,11-12,18,34H,13-14H2,1-3H3,(H,27,32)(H,28,29,30). The normalized spacial score (nSPS) is 15.4. The minimum Gasteiger partial charge on any atom is -0.489 e. The zero-order chi connectivity index (χ0) is 25.2. The third-order valence-corrected chi connectivity index (χ3v) is 5.17. The van der Waals surface area contributed by atoms with Gasteiger partial charge in [-0.1, -0.05) is 24.0 Å². The number of benzene rings is 2. The van der Waals surface area contributed by atoms with Crippen molar-refractivity contribution >= 4 is 17.5 Å². The van der Waals surface area contributed by atoms with Gasteiger partial charge in [-0.05, 0) is 49.7 Å². The van der Waals surface area contributed by atoms with Crippen LogP contribution in [0.3, 0.4) is 0 Å². The Morgan fingerprint density at radius 3 is 2.89 bits per heavy atom. The van der Waals surface area contributed by atoms with Crippen LogP contribution in [0.5, 0.6) is 5.75 Å². The summed E-state index contributed by atoms with van der Waals surface area (Å²) in [5.41, 5.74) is 0.608. The number of ether oxygens (including phenoxy) is 1. The van der Waals surface area contributed by atoms with Crippen LogP contribution in [0.25, 0.3) is 0 Å². The van der Waals surface area contributed by atoms with Crippen LogP contribution in [-0.2, 0) is 11.2 Å². The van der Waals surface area contributed by atoms with Gasteiger partial charge in [0, 0.05) is 19.0 Å². The van der Waals surface area contributed by atoms with E-state index in [1.54, 1.807) is 51.2 Å². The Labute approximate surface area is 201 Å². The van der Waals surface area contributed by atoms with Crippen LogP contribution in [0.4, 0.5) is 10.1 Å². The van der Waals surface area contributed by atoms with E-state index in [0.29, 0.717) is 28.4 Å². The number of likely N-dealkylation sites (N-methyl/N-ethyl adjacent to an activating group) is 1. The summed E-state index contributed by atoms with van der Waals surface area (Å²) in [5.74, 6) is 4.90. The summed E-state index contributed by atoms with van der Waals surface area (Å²) in [7, 11) is 1.58. The molecule has 0 spiro atoms. The molecule has 0 saturated heterocycles. The number of aliphatic hydroxyl groups is 1. The third kappa shape index (κ3) is 5.83. The fourth-order valence-electron chi connectivity index (χ4n) is 3.44. The summed E-state index contributed by atoms with van der Waals surface area (Å²) in [4.78, 5) is 31.3. The highest BCUT2D eigenvalue weighted by molar-refractivity contribution is 6.02. The van der Waals surface area contributed by atoms with Crippen molar-refractivity contribution in [3.63, 3.8) is 0 Å². The van der Waals surface area contributed by atoms with Crippen molar-refractivity contribution in [1.29, 1.82) is 0 Å². The van der Waals surface area contributed by atoms with Crippen LogP contribution in [0, 0.1) is 17.7 Å². The van der Waals surface area contributed by atoms with Crippen LogP contribution in [-0.4, -0.2) is 57.4 Å². The number of amides is 2. The number of fused-ring (bicyclic) bond motifs is 1. The molecule has 35 heavy (non-hydrogen) atoms. The maximum atomic E-state index is 13.4. The van der Waals surface area contributed by atoms with E-state index in [2.05, 4.69) is 32.3 Å². The van der Waals surface area contributed by atoms with Crippen LogP contribution < -0.4 is 15.0 Å². The van der Waals surface area contributed by atoms with Crippen molar-refractivity contribution in [2.75, 3.05) is 18.6 Å². The molecule has 3 N–H and O–H groups in total. The Kier molecular flexibility index (Phi) is 6.53. The molecule has 0 bridgehead atoms. The van der Waals surface area contributed by atoms with Gasteiger partial charge in [-0.25, -0.2) is 9.37 Å². The van der Waals surface area contributed by atoms with Gasteiger partial charge in [-0.2, -0.15) is 0 Å². The molecule has 3 aromatic rings. The summed E-state index contributed by atoms with van der Waals surface area (Å²) in [6, 6.07) is 10.2. The second kappa shape index (κ2) is 9.56. The van der Waals surface area contributed by atoms with Crippen molar-refractivity contribution < 1.29 is 23.8 Å². The molecule has 9 nitrogen and oxygen atoms in total. The Hall–Kier alpha value is -4.23. The first-order chi connectivity index (χ1) is 16.6. The SMILES string of the molecule is CN1C(=O)C(NC(=O)c2n[nH]c(Cc3cccc(F)c3)n2)COc2ccc(C#CC(C)(C)O)cc21. The van der Waals surface area contributed by atoms with E-state index in [9.17, 15) is 19.1 Å². The number of nitrogens with one attached hydrogen (secondary N) is 2. The van der Waals surface area contributed by atoms with Gasteiger partial charge in [0.05, 0.1) is 5.69 Å². The predicted molar refractivity (Wildman–Crippen MR) is 125 cm³/mol. The van der Waals surface area contributed by atoms with Gasteiger partial charge in [0.25, 0.3) is 11.8 Å². The van der Waals surface area contributed by atoms with E-state index in [1.807, 2.05) is 0 Å². The highest BCUT2D eigenvalue weighted by Crippen LogP contribution is 2.31.